The van der Waals surface area contributed by atoms with E-state index in [4.69, 9.17) is 14.2 Å². The second kappa shape index (κ2) is 12.6. The van der Waals surface area contributed by atoms with E-state index in [0.29, 0.717) is 6.29 Å². The van der Waals surface area contributed by atoms with Crippen molar-refractivity contribution in [2.24, 2.45) is 0 Å². The molecule has 0 bridgehead atoms. The first-order chi connectivity index (χ1) is 18.2. The van der Waals surface area contributed by atoms with Crippen molar-refractivity contribution in [2.45, 2.75) is 122 Å². The molecule has 2 N–H and O–H groups in total. The van der Waals surface area contributed by atoms with Crippen molar-refractivity contribution in [1.29, 1.82) is 0 Å². The van der Waals surface area contributed by atoms with Gasteiger partial charge in [-0.3, -0.25) is 14.4 Å². The Morgan fingerprint density at radius 2 is 1.55 bits per heavy atom. The van der Waals surface area contributed by atoms with Crippen LogP contribution in [0.15, 0.2) is 11.0 Å². The molecule has 0 aliphatic carbocycles. The van der Waals surface area contributed by atoms with Crippen LogP contribution in [0.2, 0.25) is 0 Å². The zero-order chi connectivity index (χ0) is 30.6. The van der Waals surface area contributed by atoms with Crippen LogP contribution in [0.5, 0.6) is 0 Å². The van der Waals surface area contributed by atoms with Crippen LogP contribution in [0, 0.1) is 0 Å². The number of nitrogens with zero attached hydrogens (tertiary/aromatic N) is 1. The van der Waals surface area contributed by atoms with Crippen molar-refractivity contribution in [2.75, 3.05) is 0 Å². The van der Waals surface area contributed by atoms with E-state index in [2.05, 4.69) is 10.6 Å². The summed E-state index contributed by atoms with van der Waals surface area (Å²) in [6.07, 6.45) is -0.0185. The van der Waals surface area contributed by atoms with Crippen LogP contribution in [0.3, 0.4) is 0 Å². The Labute approximate surface area is 239 Å². The van der Waals surface area contributed by atoms with Crippen molar-refractivity contribution >= 4 is 47.9 Å². The first-order valence-corrected chi connectivity index (χ1v) is 14.0. The average Bonchev–Trinajstić information content (AvgIpc) is 2.77. The molecular weight excluding hydrogens is 542 g/mol. The van der Waals surface area contributed by atoms with Gasteiger partial charge in [-0.2, -0.15) is 0 Å². The Bertz CT molecular complexity index is 1050. The van der Waals surface area contributed by atoms with E-state index in [1.165, 1.54) is 10.3 Å². The number of fused-ring (bicyclic) bond motifs is 1. The van der Waals surface area contributed by atoms with Crippen molar-refractivity contribution in [3.63, 3.8) is 0 Å². The molecule has 3 amide bonds. The molecule has 2 rings (SSSR count). The maximum Gasteiger partial charge on any atom is 0.408 e. The van der Waals surface area contributed by atoms with E-state index in [1.54, 1.807) is 62.3 Å². The number of nitrogens with one attached hydrogen (secondary N) is 2. The van der Waals surface area contributed by atoms with Crippen molar-refractivity contribution in [3.8, 4) is 0 Å². The first-order valence-electron chi connectivity index (χ1n) is 13.1. The van der Waals surface area contributed by atoms with Gasteiger partial charge in [-0.25, -0.2) is 14.4 Å². The fraction of sp³-hybridized carbons (Fsp3) is 0.704. The van der Waals surface area contributed by atoms with Crippen molar-refractivity contribution < 1.29 is 43.0 Å². The molecule has 3 unspecified atom stereocenters. The molecule has 0 aromatic heterocycles. The van der Waals surface area contributed by atoms with Gasteiger partial charge in [0.05, 0.1) is 0 Å². The molecule has 0 radical (unpaired) electrons. The molecule has 0 aromatic carbocycles. The Kier molecular flexibility index (Phi) is 10.4. The Morgan fingerprint density at radius 3 is 2.08 bits per heavy atom. The lowest BCUT2D eigenvalue weighted by Crippen LogP contribution is -2.74. The first kappa shape index (κ1) is 33.1. The third-order valence-electron chi connectivity index (χ3n) is 5.38. The monoisotopic (exact) mass is 583 g/mol. The predicted molar refractivity (Wildman–Crippen MR) is 147 cm³/mol. The summed E-state index contributed by atoms with van der Waals surface area (Å²) < 4.78 is 16.0. The summed E-state index contributed by atoms with van der Waals surface area (Å²) >= 11 is 1.15. The van der Waals surface area contributed by atoms with Gasteiger partial charge in [0.1, 0.15) is 40.5 Å². The van der Waals surface area contributed by atoms with E-state index >= 15 is 0 Å². The molecule has 1 saturated heterocycles. The highest BCUT2D eigenvalue weighted by Gasteiger charge is 2.56. The van der Waals surface area contributed by atoms with Gasteiger partial charge in [0.2, 0.25) is 11.8 Å². The second-order valence-electron chi connectivity index (χ2n) is 12.6. The molecule has 0 saturated carbocycles. The number of hydrogen-bond acceptors (Lipinski definition) is 10. The molecular formula is C27H41N3O9S. The molecule has 0 spiro atoms. The summed E-state index contributed by atoms with van der Waals surface area (Å²) in [4.78, 5) is 76.1. The topological polar surface area (TPSA) is 157 Å². The number of carbonyl (C=O) groups is 6. The largest absolute Gasteiger partial charge is 0.458 e. The van der Waals surface area contributed by atoms with E-state index < -0.39 is 70.1 Å². The number of alkyl carbamates (subject to hydrolysis) is 1. The van der Waals surface area contributed by atoms with Gasteiger partial charge in [-0.05, 0) is 80.6 Å². The summed E-state index contributed by atoms with van der Waals surface area (Å²) in [5, 5.41) is 6.10. The third-order valence-corrected chi connectivity index (χ3v) is 6.57. The highest BCUT2D eigenvalue weighted by molar-refractivity contribution is 8.03. The van der Waals surface area contributed by atoms with Gasteiger partial charge in [0.25, 0.3) is 0 Å². The van der Waals surface area contributed by atoms with Crippen LogP contribution in [0.25, 0.3) is 0 Å². The fourth-order valence-corrected chi connectivity index (χ4v) is 5.07. The summed E-state index contributed by atoms with van der Waals surface area (Å²) in [5.74, 6) is -2.33. The highest BCUT2D eigenvalue weighted by Crippen LogP contribution is 2.40. The zero-order valence-electron chi connectivity index (χ0n) is 24.6. The summed E-state index contributed by atoms with van der Waals surface area (Å²) in [6.45, 7) is 15.2. The van der Waals surface area contributed by atoms with Crippen LogP contribution in [-0.2, 0) is 38.2 Å². The second-order valence-corrected chi connectivity index (χ2v) is 13.6. The molecule has 4 atom stereocenters. The molecule has 2 aliphatic heterocycles. The summed E-state index contributed by atoms with van der Waals surface area (Å²) in [6, 6.07) is -3.12. The van der Waals surface area contributed by atoms with E-state index in [1.807, 2.05) is 0 Å². The number of carbonyl (C=O) groups excluding carboxylic acids is 6. The summed E-state index contributed by atoms with van der Waals surface area (Å²) in [5.41, 5.74) is -2.26. The maximum atomic E-state index is 12.9. The lowest BCUT2D eigenvalue weighted by Gasteiger charge is -2.51. The molecule has 40 heavy (non-hydrogen) atoms. The molecule has 1 fully saturated rings. The number of esters is 2. The van der Waals surface area contributed by atoms with Crippen LogP contribution in [-0.4, -0.2) is 81.3 Å². The molecule has 224 valence electrons. The minimum Gasteiger partial charge on any atom is -0.458 e. The molecule has 2 aliphatic rings. The minimum atomic E-state index is -1.18. The van der Waals surface area contributed by atoms with Gasteiger partial charge < -0.3 is 29.7 Å². The molecule has 13 heteroatoms. The zero-order valence-corrected chi connectivity index (χ0v) is 25.4. The Balaban J connectivity index is 1.99. The van der Waals surface area contributed by atoms with Gasteiger partial charge in [0, 0.05) is 12.0 Å². The predicted octanol–water partition coefficient (Wildman–Crippen LogP) is 2.58. The smallest absolute Gasteiger partial charge is 0.408 e. The normalized spacial score (nSPS) is 21.6. The standard InChI is InChI=1S/C27H41N3O9S/c1-25(2,3)37-22(34)16(28-24(36)39-27(7,8)9)11-10-12-17(32)29-18-20(33)30-19(23(35)38-26(4,5)6)15(13-31)14-40-21(18)30/h13-14,16,18-19,21H,10-12H2,1-9H3,(H,28,36)(H,29,32)/t16?,18?,19?,21-/m1/s1. The number of β-lactam (4-membered cyclic amide) rings is 1. The van der Waals surface area contributed by atoms with Crippen molar-refractivity contribution in [1.82, 2.24) is 15.5 Å². The van der Waals surface area contributed by atoms with Crippen LogP contribution >= 0.6 is 11.8 Å². The lowest BCUT2D eigenvalue weighted by molar-refractivity contribution is -0.170. The molecule has 12 nitrogen and oxygen atoms in total. The lowest BCUT2D eigenvalue weighted by atomic mass is 9.98. The van der Waals surface area contributed by atoms with E-state index in [9.17, 15) is 28.8 Å². The van der Waals surface area contributed by atoms with Crippen LogP contribution in [0.4, 0.5) is 4.79 Å². The van der Waals surface area contributed by atoms with Gasteiger partial charge in [-0.1, -0.05) is 0 Å². The van der Waals surface area contributed by atoms with Gasteiger partial charge in [-0.15, -0.1) is 11.8 Å². The maximum absolute atomic E-state index is 12.9. The highest BCUT2D eigenvalue weighted by atomic mass is 32.2. The third kappa shape index (κ3) is 9.53. The SMILES string of the molecule is CC(C)(C)OC(=O)NC(CCCC(=O)NC1C(=O)N2C(C(=O)OC(C)(C)C)C(C=O)=CS[C@H]12)C(=O)OC(C)(C)C. The van der Waals surface area contributed by atoms with E-state index in [-0.39, 0.29) is 24.8 Å². The number of rotatable bonds is 9. The number of ether oxygens (including phenoxy) is 3. The average molecular weight is 584 g/mol. The van der Waals surface area contributed by atoms with Crippen LogP contribution in [0.1, 0.15) is 81.6 Å². The van der Waals surface area contributed by atoms with Crippen LogP contribution < -0.4 is 10.6 Å². The summed E-state index contributed by atoms with van der Waals surface area (Å²) in [7, 11) is 0. The van der Waals surface area contributed by atoms with Gasteiger partial charge in [0.15, 0.2) is 6.04 Å². The number of aldehydes is 1. The number of thioether (sulfide) groups is 1. The molecule has 0 aromatic rings. The van der Waals surface area contributed by atoms with E-state index in [0.717, 1.165) is 11.8 Å². The van der Waals surface area contributed by atoms with Crippen molar-refractivity contribution in [3.05, 3.63) is 11.0 Å². The number of hydrogen-bond donors (Lipinski definition) is 2. The Morgan fingerprint density at radius 1 is 0.975 bits per heavy atom. The minimum absolute atomic E-state index is 0.0403. The fourth-order valence-electron chi connectivity index (χ4n) is 3.89. The van der Waals surface area contributed by atoms with Gasteiger partial charge >= 0.3 is 18.0 Å². The molecule has 2 heterocycles. The Hall–Kier alpha value is -3.09. The quantitative estimate of drug-likeness (QED) is 0.179. The number of amides is 3.